The number of nitriles is 1. The van der Waals surface area contributed by atoms with Crippen LogP contribution in [0.4, 0.5) is 0 Å². The number of allylic oxidation sites excluding steroid dienone is 2. The highest BCUT2D eigenvalue weighted by Crippen LogP contribution is 2.49. The van der Waals surface area contributed by atoms with Gasteiger partial charge in [0, 0.05) is 0 Å². The summed E-state index contributed by atoms with van der Waals surface area (Å²) in [4.78, 5) is 0. The third-order valence-corrected chi connectivity index (χ3v) is 8.29. The van der Waals surface area contributed by atoms with E-state index in [0.717, 1.165) is 17.6 Å². The summed E-state index contributed by atoms with van der Waals surface area (Å²) in [5.41, 5.74) is 3.72. The average molecular weight is 367 g/mol. The predicted molar refractivity (Wildman–Crippen MR) is 116 cm³/mol. The van der Waals surface area contributed by atoms with Crippen LogP contribution in [0.15, 0.2) is 91.0 Å². The van der Waals surface area contributed by atoms with Gasteiger partial charge >= 0.3 is 0 Å². The second-order valence-corrected chi connectivity index (χ2v) is 9.53. The molecule has 3 aromatic rings. The van der Waals surface area contributed by atoms with Gasteiger partial charge in [-0.3, -0.25) is 0 Å². The highest BCUT2D eigenvalue weighted by atomic mass is 31.1. The molecule has 4 rings (SSSR count). The van der Waals surface area contributed by atoms with Crippen molar-refractivity contribution in [2.45, 2.75) is 24.9 Å². The monoisotopic (exact) mass is 367 g/mol. The fourth-order valence-corrected chi connectivity index (χ4v) is 6.95. The summed E-state index contributed by atoms with van der Waals surface area (Å²) in [5, 5.41) is 12.3. The molecule has 1 aliphatic carbocycles. The molecule has 0 saturated carbocycles. The van der Waals surface area contributed by atoms with E-state index < -0.39 is 7.92 Å². The van der Waals surface area contributed by atoms with Crippen LogP contribution in [-0.2, 0) is 0 Å². The van der Waals surface area contributed by atoms with E-state index in [1.54, 1.807) is 0 Å². The van der Waals surface area contributed by atoms with Gasteiger partial charge < -0.3 is 0 Å². The second kappa shape index (κ2) is 7.91. The first-order valence-corrected chi connectivity index (χ1v) is 10.8. The first-order valence-electron chi connectivity index (χ1n) is 9.38. The molecule has 0 N–H and O–H groups in total. The molecule has 0 aliphatic heterocycles. The maximum atomic E-state index is 9.51. The van der Waals surface area contributed by atoms with Crippen molar-refractivity contribution in [3.63, 3.8) is 0 Å². The number of benzene rings is 3. The number of nitrogens with zero attached hydrogens (tertiary/aromatic N) is 1. The van der Waals surface area contributed by atoms with Gasteiger partial charge in [-0.25, -0.2) is 0 Å². The van der Waals surface area contributed by atoms with Crippen molar-refractivity contribution < 1.29 is 0 Å². The van der Waals surface area contributed by atoms with Gasteiger partial charge in [-0.15, -0.1) is 0 Å². The van der Waals surface area contributed by atoms with Crippen molar-refractivity contribution in [1.82, 2.24) is 0 Å². The molecule has 2 atom stereocenters. The van der Waals surface area contributed by atoms with E-state index in [9.17, 15) is 5.26 Å². The molecule has 0 aromatic heterocycles. The lowest BCUT2D eigenvalue weighted by Crippen LogP contribution is -2.26. The Morgan fingerprint density at radius 2 is 1.41 bits per heavy atom. The number of hydrogen-bond donors (Lipinski definition) is 0. The first kappa shape index (κ1) is 17.7. The lowest BCUT2D eigenvalue weighted by atomic mass is 9.82. The highest BCUT2D eigenvalue weighted by molar-refractivity contribution is 7.73. The van der Waals surface area contributed by atoms with E-state index in [-0.39, 0.29) is 0 Å². The van der Waals surface area contributed by atoms with Gasteiger partial charge in [-0.05, 0) is 47.7 Å². The maximum absolute atomic E-state index is 9.51. The van der Waals surface area contributed by atoms with Crippen molar-refractivity contribution in [2.24, 2.45) is 0 Å². The fourth-order valence-electron chi connectivity index (χ4n) is 4.09. The molecule has 0 saturated heterocycles. The van der Waals surface area contributed by atoms with Crippen molar-refractivity contribution >= 4 is 24.1 Å². The van der Waals surface area contributed by atoms with E-state index in [1.165, 1.54) is 16.2 Å². The van der Waals surface area contributed by atoms with Gasteiger partial charge in [0.25, 0.3) is 0 Å². The van der Waals surface area contributed by atoms with Crippen LogP contribution in [0, 0.1) is 11.3 Å². The van der Waals surface area contributed by atoms with Crippen molar-refractivity contribution in [3.05, 3.63) is 102 Å². The molecule has 27 heavy (non-hydrogen) atoms. The molecule has 1 nitrogen and oxygen atoms in total. The van der Waals surface area contributed by atoms with E-state index in [2.05, 4.69) is 97.9 Å². The van der Waals surface area contributed by atoms with Crippen LogP contribution in [0.2, 0.25) is 0 Å². The summed E-state index contributed by atoms with van der Waals surface area (Å²) in [6, 6.07) is 32.6. The molecule has 2 heteroatoms. The van der Waals surface area contributed by atoms with Crippen molar-refractivity contribution in [2.75, 3.05) is 0 Å². The molecule has 0 fully saturated rings. The highest BCUT2D eigenvalue weighted by Gasteiger charge is 2.32. The molecule has 132 valence electrons. The SMILES string of the molecule is CC(C1CC=C(C#N)c2ccccc21)P(c1ccccc1)c1ccccc1. The van der Waals surface area contributed by atoms with Gasteiger partial charge in [0.2, 0.25) is 0 Å². The van der Waals surface area contributed by atoms with Crippen LogP contribution < -0.4 is 10.6 Å². The fraction of sp³-hybridized carbons (Fsp3) is 0.160. The molecular formula is C25H22NP. The maximum Gasteiger partial charge on any atom is 0.0994 e. The normalized spacial score (nSPS) is 16.9. The predicted octanol–water partition coefficient (Wildman–Crippen LogP) is 5.60. The molecule has 0 bridgehead atoms. The van der Waals surface area contributed by atoms with Crippen molar-refractivity contribution in [1.29, 1.82) is 5.26 Å². The second-order valence-electron chi connectivity index (χ2n) is 6.94. The molecule has 0 heterocycles. The Morgan fingerprint density at radius 3 is 2.00 bits per heavy atom. The smallest absolute Gasteiger partial charge is 0.0994 e. The zero-order chi connectivity index (χ0) is 18.6. The largest absolute Gasteiger partial charge is 0.192 e. The third-order valence-electron chi connectivity index (χ3n) is 5.41. The zero-order valence-corrected chi connectivity index (χ0v) is 16.3. The van der Waals surface area contributed by atoms with Gasteiger partial charge in [-0.1, -0.05) is 97.9 Å². The number of hydrogen-bond acceptors (Lipinski definition) is 1. The molecular weight excluding hydrogens is 345 g/mol. The van der Waals surface area contributed by atoms with Crippen LogP contribution in [0.1, 0.15) is 30.4 Å². The lowest BCUT2D eigenvalue weighted by Gasteiger charge is -2.35. The van der Waals surface area contributed by atoms with E-state index >= 15 is 0 Å². The third kappa shape index (κ3) is 3.46. The van der Waals surface area contributed by atoms with Crippen LogP contribution in [0.25, 0.3) is 5.57 Å². The summed E-state index contributed by atoms with van der Waals surface area (Å²) in [6.07, 6.45) is 3.06. The van der Waals surface area contributed by atoms with E-state index in [4.69, 9.17) is 0 Å². The molecule has 0 radical (unpaired) electrons. The number of fused-ring (bicyclic) bond motifs is 1. The topological polar surface area (TPSA) is 23.8 Å². The summed E-state index contributed by atoms with van der Waals surface area (Å²) < 4.78 is 0. The van der Waals surface area contributed by atoms with E-state index in [1.807, 2.05) is 6.07 Å². The van der Waals surface area contributed by atoms with Gasteiger partial charge in [0.15, 0.2) is 0 Å². The minimum absolute atomic E-state index is 0.421. The summed E-state index contributed by atoms with van der Waals surface area (Å²) >= 11 is 0. The first-order chi connectivity index (χ1) is 13.3. The number of rotatable bonds is 4. The lowest BCUT2D eigenvalue weighted by molar-refractivity contribution is 0.677. The van der Waals surface area contributed by atoms with Crippen LogP contribution in [-0.4, -0.2) is 5.66 Å². The Morgan fingerprint density at radius 1 is 0.852 bits per heavy atom. The summed E-state index contributed by atoms with van der Waals surface area (Å²) in [5.74, 6) is 0.421. The minimum atomic E-state index is -0.490. The van der Waals surface area contributed by atoms with Crippen LogP contribution in [0.5, 0.6) is 0 Å². The standard InChI is InChI=1S/C25H22NP/c1-19(23-17-16-20(18-26)24-14-8-9-15-25(23)24)27(21-10-4-2-5-11-21)22-12-6-3-7-13-22/h2-16,19,23H,17H2,1H3. The molecule has 1 aliphatic rings. The minimum Gasteiger partial charge on any atom is -0.192 e. The average Bonchev–Trinajstić information content (AvgIpc) is 2.74. The summed E-state index contributed by atoms with van der Waals surface area (Å²) in [6.45, 7) is 2.39. The Hall–Kier alpha value is -2.68. The Kier molecular flexibility index (Phi) is 5.19. The Balaban J connectivity index is 1.78. The molecule has 3 aromatic carbocycles. The molecule has 0 amide bonds. The van der Waals surface area contributed by atoms with Crippen molar-refractivity contribution in [3.8, 4) is 6.07 Å². The van der Waals surface area contributed by atoms with Gasteiger partial charge in [0.05, 0.1) is 11.6 Å². The van der Waals surface area contributed by atoms with Gasteiger partial charge in [-0.2, -0.15) is 5.26 Å². The van der Waals surface area contributed by atoms with Crippen LogP contribution >= 0.6 is 7.92 Å². The molecule has 0 spiro atoms. The van der Waals surface area contributed by atoms with E-state index in [0.29, 0.717) is 11.6 Å². The van der Waals surface area contributed by atoms with Gasteiger partial charge in [0.1, 0.15) is 0 Å². The molecule has 2 unspecified atom stereocenters. The quantitative estimate of drug-likeness (QED) is 0.551. The van der Waals surface area contributed by atoms with Crippen LogP contribution in [0.3, 0.4) is 0 Å². The Bertz CT molecular complexity index is 946. The summed E-state index contributed by atoms with van der Waals surface area (Å²) in [7, 11) is -0.490. The Labute approximate surface area is 162 Å². The zero-order valence-electron chi connectivity index (χ0n) is 15.4.